The zero-order chi connectivity index (χ0) is 23.8. The molecule has 0 bridgehead atoms. The van der Waals surface area contributed by atoms with E-state index in [1.165, 1.54) is 0 Å². The topological polar surface area (TPSA) is 105 Å². The molecule has 2 rings (SSSR count). The zero-order valence-electron chi connectivity index (χ0n) is 20.0. The maximum atomic E-state index is 11.3. The van der Waals surface area contributed by atoms with Crippen LogP contribution < -0.4 is 26.1 Å². The number of hydrogen-bond donors (Lipinski definition) is 3. The summed E-state index contributed by atoms with van der Waals surface area (Å²) in [6, 6.07) is 10.8. The van der Waals surface area contributed by atoms with Crippen molar-refractivity contribution in [2.45, 2.75) is 40.5 Å². The number of pyridine rings is 1. The Morgan fingerprint density at radius 1 is 1.19 bits per heavy atom. The predicted octanol–water partition coefficient (Wildman–Crippen LogP) is 3.88. The van der Waals surface area contributed by atoms with Crippen LogP contribution in [0.1, 0.15) is 56.6 Å². The first kappa shape index (κ1) is 26.9. The molecule has 0 radical (unpaired) electrons. The molecule has 1 amide bonds. The second kappa shape index (κ2) is 15.6. The number of primary amides is 1. The summed E-state index contributed by atoms with van der Waals surface area (Å²) in [5, 5.41) is 7.33. The molecule has 32 heavy (non-hydrogen) atoms. The van der Waals surface area contributed by atoms with Crippen molar-refractivity contribution in [3.8, 4) is 5.88 Å². The predicted molar refractivity (Wildman–Crippen MR) is 134 cm³/mol. The summed E-state index contributed by atoms with van der Waals surface area (Å²) in [5.41, 5.74) is 11.1. The number of carbonyl (C=O) groups excluding carboxylic acids is 1. The fourth-order valence-corrected chi connectivity index (χ4v) is 2.92. The summed E-state index contributed by atoms with van der Waals surface area (Å²) in [6.07, 6.45) is 3.75. The molecule has 1 aromatic heterocycles. The van der Waals surface area contributed by atoms with Crippen LogP contribution in [0.2, 0.25) is 0 Å². The first-order chi connectivity index (χ1) is 15.6. The third kappa shape index (κ3) is 9.34. The lowest BCUT2D eigenvalue weighted by Crippen LogP contribution is -2.25. The van der Waals surface area contributed by atoms with Gasteiger partial charge in [0.05, 0.1) is 17.6 Å². The van der Waals surface area contributed by atoms with Crippen LogP contribution in [-0.2, 0) is 0 Å². The number of hydrazone groups is 1. The van der Waals surface area contributed by atoms with Crippen LogP contribution >= 0.6 is 0 Å². The third-order valence-corrected chi connectivity index (χ3v) is 4.30. The monoisotopic (exact) mass is 442 g/mol. The van der Waals surface area contributed by atoms with Gasteiger partial charge in [-0.2, -0.15) is 5.10 Å². The molecule has 0 unspecified atom stereocenters. The highest BCUT2D eigenvalue weighted by molar-refractivity contribution is 5.93. The number of rotatable bonds is 13. The van der Waals surface area contributed by atoms with Crippen LogP contribution in [0.4, 0.5) is 11.4 Å². The third-order valence-electron chi connectivity index (χ3n) is 4.30. The summed E-state index contributed by atoms with van der Waals surface area (Å²) < 4.78 is 5.81. The Morgan fingerprint density at radius 2 is 1.91 bits per heavy atom. The molecular formula is C24H38N6O2. The number of nitrogens with one attached hydrogen (secondary N) is 2. The van der Waals surface area contributed by atoms with Gasteiger partial charge in [0.25, 0.3) is 0 Å². The van der Waals surface area contributed by atoms with E-state index in [0.29, 0.717) is 29.4 Å². The number of ether oxygens (including phenoxy) is 1. The molecule has 176 valence electrons. The smallest absolute Gasteiger partial charge is 0.248 e. The zero-order valence-corrected chi connectivity index (χ0v) is 20.0. The molecule has 8 heteroatoms. The normalized spacial score (nSPS) is 10.4. The first-order valence-corrected chi connectivity index (χ1v) is 11.3. The van der Waals surface area contributed by atoms with Crippen LogP contribution in [-0.4, -0.2) is 50.4 Å². The van der Waals surface area contributed by atoms with Crippen molar-refractivity contribution >= 4 is 23.5 Å². The molecule has 8 nitrogen and oxygen atoms in total. The molecule has 1 heterocycles. The van der Waals surface area contributed by atoms with E-state index in [4.69, 9.17) is 10.5 Å². The average Bonchev–Trinajstić information content (AvgIpc) is 2.80. The fraction of sp³-hybridized carbons (Fsp3) is 0.458. The van der Waals surface area contributed by atoms with E-state index in [1.807, 2.05) is 39.1 Å². The van der Waals surface area contributed by atoms with E-state index in [1.54, 1.807) is 24.4 Å². The molecule has 1 aromatic carbocycles. The highest BCUT2D eigenvalue weighted by Crippen LogP contribution is 2.22. The van der Waals surface area contributed by atoms with E-state index in [2.05, 4.69) is 39.6 Å². The number of amides is 1. The van der Waals surface area contributed by atoms with E-state index in [9.17, 15) is 4.79 Å². The van der Waals surface area contributed by atoms with E-state index < -0.39 is 5.91 Å². The molecule has 0 saturated carbocycles. The second-order valence-electron chi connectivity index (χ2n) is 6.84. The van der Waals surface area contributed by atoms with Gasteiger partial charge in [-0.1, -0.05) is 33.8 Å². The van der Waals surface area contributed by atoms with Crippen LogP contribution in [0, 0.1) is 0 Å². The minimum Gasteiger partial charge on any atom is -0.476 e. The lowest BCUT2D eigenvalue weighted by atomic mass is 10.2. The number of hydrogen-bond acceptors (Lipinski definition) is 7. The molecule has 4 N–H and O–H groups in total. The van der Waals surface area contributed by atoms with Crippen molar-refractivity contribution in [1.29, 1.82) is 0 Å². The minimum atomic E-state index is -0.479. The molecule has 2 aromatic rings. The first-order valence-electron chi connectivity index (χ1n) is 11.3. The Kier molecular flexibility index (Phi) is 13.1. The highest BCUT2D eigenvalue weighted by atomic mass is 16.5. The van der Waals surface area contributed by atoms with Crippen molar-refractivity contribution in [2.24, 2.45) is 10.8 Å². The molecule has 0 atom stereocenters. The van der Waals surface area contributed by atoms with Gasteiger partial charge in [0.1, 0.15) is 6.61 Å². The summed E-state index contributed by atoms with van der Waals surface area (Å²) in [6.45, 7) is 11.5. The number of aromatic nitrogens is 1. The van der Waals surface area contributed by atoms with Crippen LogP contribution in [0.5, 0.6) is 5.88 Å². The summed E-state index contributed by atoms with van der Waals surface area (Å²) in [4.78, 5) is 18.2. The summed E-state index contributed by atoms with van der Waals surface area (Å²) >= 11 is 0. The molecule has 0 aliphatic rings. The highest BCUT2D eigenvalue weighted by Gasteiger charge is 2.09. The van der Waals surface area contributed by atoms with Crippen molar-refractivity contribution in [1.82, 2.24) is 10.3 Å². The van der Waals surface area contributed by atoms with E-state index in [0.717, 1.165) is 38.2 Å². The number of carbonyl (C=O) groups is 1. The van der Waals surface area contributed by atoms with Gasteiger partial charge < -0.3 is 20.7 Å². The van der Waals surface area contributed by atoms with Gasteiger partial charge in [-0.3, -0.25) is 10.2 Å². The molecule has 0 fully saturated rings. The fourth-order valence-electron chi connectivity index (χ4n) is 2.92. The Morgan fingerprint density at radius 3 is 2.53 bits per heavy atom. The average molecular weight is 443 g/mol. The van der Waals surface area contributed by atoms with E-state index in [-0.39, 0.29) is 0 Å². The number of likely N-dealkylation sites (N-methyl/N-ethyl adjacent to an activating group) is 1. The van der Waals surface area contributed by atoms with Gasteiger partial charge in [0, 0.05) is 37.0 Å². The summed E-state index contributed by atoms with van der Waals surface area (Å²) in [7, 11) is 1.88. The van der Waals surface area contributed by atoms with Gasteiger partial charge in [-0.25, -0.2) is 4.98 Å². The van der Waals surface area contributed by atoms with Crippen LogP contribution in [0.15, 0.2) is 41.5 Å². The lowest BCUT2D eigenvalue weighted by Gasteiger charge is -2.24. The molecule has 0 aliphatic carbocycles. The van der Waals surface area contributed by atoms with Gasteiger partial charge in [0.15, 0.2) is 0 Å². The number of anilines is 2. The molecule has 0 saturated heterocycles. The van der Waals surface area contributed by atoms with Crippen molar-refractivity contribution in [3.63, 3.8) is 0 Å². The Hall–Kier alpha value is -3.13. The van der Waals surface area contributed by atoms with Gasteiger partial charge in [-0.05, 0) is 44.2 Å². The number of nitrogens with two attached hydrogens (primary N) is 1. The molecular weight excluding hydrogens is 404 g/mol. The summed E-state index contributed by atoms with van der Waals surface area (Å²) in [5.74, 6) is 0.0874. The van der Waals surface area contributed by atoms with Gasteiger partial charge >= 0.3 is 0 Å². The van der Waals surface area contributed by atoms with Crippen LogP contribution in [0.25, 0.3) is 0 Å². The van der Waals surface area contributed by atoms with Gasteiger partial charge in [0.2, 0.25) is 11.8 Å². The van der Waals surface area contributed by atoms with Gasteiger partial charge in [-0.15, -0.1) is 0 Å². The SMILES string of the molecule is CC.CCCN(CCC)c1cc(/C=N/Nc2cccc(C(N)=O)c2)nc(OCCNC)c1. The largest absolute Gasteiger partial charge is 0.476 e. The Labute approximate surface area is 192 Å². The second-order valence-corrected chi connectivity index (χ2v) is 6.84. The van der Waals surface area contributed by atoms with Crippen LogP contribution in [0.3, 0.4) is 0 Å². The number of nitrogens with zero attached hydrogens (tertiary/aromatic N) is 3. The van der Waals surface area contributed by atoms with Crippen molar-refractivity contribution in [3.05, 3.63) is 47.7 Å². The van der Waals surface area contributed by atoms with Crippen molar-refractivity contribution < 1.29 is 9.53 Å². The quantitative estimate of drug-likeness (QED) is 0.247. The Bertz CT molecular complexity index is 835. The maximum Gasteiger partial charge on any atom is 0.248 e. The standard InChI is InChI=1S/C22H32N6O2.C2H6/c1-4-10-28(11-5-2)20-14-19(26-21(15-20)30-12-9-24-3)16-25-27-18-8-6-7-17(13-18)22(23)29;1-2/h6-8,13-16,24,27H,4-5,9-12H2,1-3H3,(H2,23,29);1-2H3/b25-16+;. The molecule has 0 aliphatic heterocycles. The van der Waals surface area contributed by atoms with E-state index >= 15 is 0 Å². The maximum absolute atomic E-state index is 11.3. The Balaban J connectivity index is 0.00000249. The number of benzene rings is 1. The lowest BCUT2D eigenvalue weighted by molar-refractivity contribution is 0.100. The minimum absolute atomic E-state index is 0.422. The molecule has 0 spiro atoms. The van der Waals surface area contributed by atoms with Crippen molar-refractivity contribution in [2.75, 3.05) is 43.6 Å².